The molecule has 28 heavy (non-hydrogen) atoms. The van der Waals surface area contributed by atoms with E-state index < -0.39 is 17.3 Å². The highest BCUT2D eigenvalue weighted by Crippen LogP contribution is 2.36. The molecular formula is C19H23F3N4O2. The summed E-state index contributed by atoms with van der Waals surface area (Å²) in [6.45, 7) is 8.58. The number of fused-ring (bicyclic) bond motifs is 1. The first kappa shape index (κ1) is 20.2. The normalized spacial score (nSPS) is 15.8. The van der Waals surface area contributed by atoms with Gasteiger partial charge in [0.2, 0.25) is 0 Å². The van der Waals surface area contributed by atoms with Crippen LogP contribution in [0.4, 0.5) is 23.7 Å². The number of amides is 1. The van der Waals surface area contributed by atoms with Gasteiger partial charge in [-0.1, -0.05) is 0 Å². The number of ether oxygens (including phenoxy) is 1. The summed E-state index contributed by atoms with van der Waals surface area (Å²) in [5.74, 6) is 0. The quantitative estimate of drug-likeness (QED) is 0.729. The van der Waals surface area contributed by atoms with Gasteiger partial charge in [0.05, 0.1) is 23.0 Å². The Kier molecular flexibility index (Phi) is 5.12. The van der Waals surface area contributed by atoms with Gasteiger partial charge in [0.15, 0.2) is 0 Å². The second kappa shape index (κ2) is 7.10. The molecule has 0 saturated carbocycles. The van der Waals surface area contributed by atoms with Gasteiger partial charge in [-0.25, -0.2) is 4.79 Å². The summed E-state index contributed by atoms with van der Waals surface area (Å²) in [7, 11) is 0. The lowest BCUT2D eigenvalue weighted by atomic mass is 10.0. The fourth-order valence-corrected chi connectivity index (χ4v) is 3.21. The fraction of sp³-hybridized carbons (Fsp3) is 0.526. The number of nitrogens with zero attached hydrogens (tertiary/aromatic N) is 4. The number of hydrogen-bond donors (Lipinski definition) is 0. The van der Waals surface area contributed by atoms with Crippen molar-refractivity contribution < 1.29 is 22.7 Å². The Morgan fingerprint density at radius 1 is 1.11 bits per heavy atom. The van der Waals surface area contributed by atoms with Gasteiger partial charge in [0.1, 0.15) is 5.60 Å². The van der Waals surface area contributed by atoms with Crippen molar-refractivity contribution in [3.8, 4) is 0 Å². The minimum absolute atomic E-state index is 0.112. The molecule has 1 aliphatic heterocycles. The number of benzene rings is 1. The van der Waals surface area contributed by atoms with Crippen LogP contribution >= 0.6 is 0 Å². The second-order valence-corrected chi connectivity index (χ2v) is 7.87. The highest BCUT2D eigenvalue weighted by Gasteiger charge is 2.33. The summed E-state index contributed by atoms with van der Waals surface area (Å²) >= 11 is 0. The first-order chi connectivity index (χ1) is 13.0. The van der Waals surface area contributed by atoms with E-state index in [-0.39, 0.29) is 11.7 Å². The Bertz CT molecular complexity index is 885. The molecule has 9 heteroatoms. The van der Waals surface area contributed by atoms with Gasteiger partial charge in [-0.3, -0.25) is 0 Å². The SMILES string of the molecule is Cc1cc2nncc(N3CCN(C(=O)OC(C)(C)C)CC3)c2cc1C(F)(F)F. The maximum absolute atomic E-state index is 13.3. The van der Waals surface area contributed by atoms with Gasteiger partial charge in [-0.15, -0.1) is 0 Å². The third-order valence-electron chi connectivity index (χ3n) is 4.54. The zero-order chi connectivity index (χ0) is 20.7. The van der Waals surface area contributed by atoms with E-state index in [1.807, 2.05) is 4.90 Å². The number of carbonyl (C=O) groups excluding carboxylic acids is 1. The molecule has 0 atom stereocenters. The van der Waals surface area contributed by atoms with Gasteiger partial charge in [0, 0.05) is 31.6 Å². The van der Waals surface area contributed by atoms with E-state index in [0.717, 1.165) is 6.07 Å². The number of hydrogen-bond acceptors (Lipinski definition) is 5. The minimum Gasteiger partial charge on any atom is -0.444 e. The van der Waals surface area contributed by atoms with Crippen molar-refractivity contribution in [1.82, 2.24) is 15.1 Å². The van der Waals surface area contributed by atoms with E-state index in [0.29, 0.717) is 42.8 Å². The number of anilines is 1. The van der Waals surface area contributed by atoms with Crippen LogP contribution in [0.2, 0.25) is 0 Å². The Morgan fingerprint density at radius 2 is 1.75 bits per heavy atom. The Morgan fingerprint density at radius 3 is 2.32 bits per heavy atom. The molecule has 1 aromatic heterocycles. The molecule has 1 aliphatic rings. The van der Waals surface area contributed by atoms with Crippen molar-refractivity contribution in [2.45, 2.75) is 39.5 Å². The van der Waals surface area contributed by atoms with E-state index in [1.165, 1.54) is 19.2 Å². The number of alkyl halides is 3. The summed E-state index contributed by atoms with van der Waals surface area (Å²) in [5, 5.41) is 8.32. The first-order valence-electron chi connectivity index (χ1n) is 9.02. The van der Waals surface area contributed by atoms with Crippen LogP contribution in [0, 0.1) is 6.92 Å². The molecular weight excluding hydrogens is 373 g/mol. The van der Waals surface area contributed by atoms with Crippen molar-refractivity contribution in [1.29, 1.82) is 0 Å². The molecule has 0 unspecified atom stereocenters. The van der Waals surface area contributed by atoms with Crippen LogP contribution in [0.25, 0.3) is 10.9 Å². The van der Waals surface area contributed by atoms with Gasteiger partial charge in [0.25, 0.3) is 0 Å². The van der Waals surface area contributed by atoms with E-state index in [1.54, 1.807) is 25.7 Å². The summed E-state index contributed by atoms with van der Waals surface area (Å²) in [6, 6.07) is 2.54. The third-order valence-corrected chi connectivity index (χ3v) is 4.54. The smallest absolute Gasteiger partial charge is 0.416 e. The molecule has 0 radical (unpaired) electrons. The summed E-state index contributed by atoms with van der Waals surface area (Å²) < 4.78 is 45.3. The van der Waals surface area contributed by atoms with Crippen LogP contribution in [0.3, 0.4) is 0 Å². The molecule has 1 fully saturated rings. The maximum Gasteiger partial charge on any atom is 0.416 e. The number of carbonyl (C=O) groups is 1. The van der Waals surface area contributed by atoms with E-state index in [4.69, 9.17) is 4.74 Å². The summed E-state index contributed by atoms with van der Waals surface area (Å²) in [5.41, 5.74) is -0.148. The second-order valence-electron chi connectivity index (χ2n) is 7.87. The van der Waals surface area contributed by atoms with Crippen molar-refractivity contribution in [2.75, 3.05) is 31.1 Å². The minimum atomic E-state index is -4.44. The van der Waals surface area contributed by atoms with Gasteiger partial charge in [-0.05, 0) is 45.4 Å². The highest BCUT2D eigenvalue weighted by atomic mass is 19.4. The van der Waals surface area contributed by atoms with E-state index >= 15 is 0 Å². The van der Waals surface area contributed by atoms with Gasteiger partial charge in [-0.2, -0.15) is 23.4 Å². The molecule has 0 aliphatic carbocycles. The summed E-state index contributed by atoms with van der Waals surface area (Å²) in [4.78, 5) is 15.7. The average molecular weight is 396 g/mol. The van der Waals surface area contributed by atoms with Crippen molar-refractivity contribution in [3.05, 3.63) is 29.5 Å². The molecule has 0 bridgehead atoms. The van der Waals surface area contributed by atoms with Crippen molar-refractivity contribution >= 4 is 22.7 Å². The average Bonchev–Trinajstić information content (AvgIpc) is 2.58. The van der Waals surface area contributed by atoms with Gasteiger partial charge >= 0.3 is 12.3 Å². The molecule has 152 valence electrons. The Balaban J connectivity index is 1.84. The number of halogens is 3. The fourth-order valence-electron chi connectivity index (χ4n) is 3.21. The predicted octanol–water partition coefficient (Wildman–Crippen LogP) is 4.01. The highest BCUT2D eigenvalue weighted by molar-refractivity contribution is 5.92. The lowest BCUT2D eigenvalue weighted by Crippen LogP contribution is -2.50. The molecule has 0 spiro atoms. The van der Waals surface area contributed by atoms with Crippen LogP contribution < -0.4 is 4.90 Å². The number of aryl methyl sites for hydroxylation is 1. The van der Waals surface area contributed by atoms with E-state index in [9.17, 15) is 18.0 Å². The van der Waals surface area contributed by atoms with Crippen molar-refractivity contribution in [2.24, 2.45) is 0 Å². The van der Waals surface area contributed by atoms with Crippen LogP contribution in [0.15, 0.2) is 18.3 Å². The third kappa shape index (κ3) is 4.28. The standard InChI is InChI=1S/C19H23F3N4O2/c1-12-9-15-13(10-14(12)19(20,21)22)16(11-23-24-15)25-5-7-26(8-6-25)17(27)28-18(2,3)4/h9-11H,5-8H2,1-4H3. The Hall–Kier alpha value is -2.58. The maximum atomic E-state index is 13.3. The van der Waals surface area contributed by atoms with Crippen molar-refractivity contribution in [3.63, 3.8) is 0 Å². The summed E-state index contributed by atoms with van der Waals surface area (Å²) in [6.07, 6.45) is -3.35. The number of rotatable bonds is 1. The van der Waals surface area contributed by atoms with Gasteiger partial charge < -0.3 is 14.5 Å². The molecule has 6 nitrogen and oxygen atoms in total. The van der Waals surface area contributed by atoms with Crippen LogP contribution in [-0.2, 0) is 10.9 Å². The molecule has 1 saturated heterocycles. The zero-order valence-electron chi connectivity index (χ0n) is 16.3. The molecule has 2 aromatic rings. The molecule has 2 heterocycles. The van der Waals surface area contributed by atoms with Crippen LogP contribution in [0.1, 0.15) is 31.9 Å². The lowest BCUT2D eigenvalue weighted by molar-refractivity contribution is -0.137. The Labute approximate surface area is 161 Å². The monoisotopic (exact) mass is 396 g/mol. The first-order valence-corrected chi connectivity index (χ1v) is 9.02. The van der Waals surface area contributed by atoms with Crippen LogP contribution in [-0.4, -0.2) is 53.0 Å². The topological polar surface area (TPSA) is 58.6 Å². The van der Waals surface area contributed by atoms with E-state index in [2.05, 4.69) is 10.2 Å². The lowest BCUT2D eigenvalue weighted by Gasteiger charge is -2.37. The largest absolute Gasteiger partial charge is 0.444 e. The molecule has 1 aromatic carbocycles. The zero-order valence-corrected chi connectivity index (χ0v) is 16.3. The number of aromatic nitrogens is 2. The molecule has 1 amide bonds. The predicted molar refractivity (Wildman–Crippen MR) is 99.3 cm³/mol. The molecule has 0 N–H and O–H groups in total. The number of piperazine rings is 1. The van der Waals surface area contributed by atoms with Crippen LogP contribution in [0.5, 0.6) is 0 Å². The molecule has 3 rings (SSSR count).